The van der Waals surface area contributed by atoms with E-state index in [0.717, 1.165) is 16.8 Å². The number of pyridine rings is 1. The molecule has 0 radical (unpaired) electrons. The quantitative estimate of drug-likeness (QED) is 0.496. The van der Waals surface area contributed by atoms with Crippen molar-refractivity contribution in [2.45, 2.75) is 20.8 Å². The lowest BCUT2D eigenvalue weighted by atomic mass is 10.0. The van der Waals surface area contributed by atoms with Crippen molar-refractivity contribution in [2.75, 3.05) is 11.4 Å². The summed E-state index contributed by atoms with van der Waals surface area (Å²) >= 11 is 0. The first-order valence-corrected chi connectivity index (χ1v) is 9.30. The Morgan fingerprint density at radius 1 is 1.04 bits per heavy atom. The molecule has 0 saturated carbocycles. The summed E-state index contributed by atoms with van der Waals surface area (Å²) in [6, 6.07) is 19.5. The molecule has 2 aromatic carbocycles. The molecule has 5 heteroatoms. The molecular formula is C23H21N3O2. The number of aromatic nitrogens is 2. The Hall–Kier alpha value is -3.47. The largest absolute Gasteiger partial charge is 0.335 e. The van der Waals surface area contributed by atoms with Gasteiger partial charge in [0.1, 0.15) is 0 Å². The maximum absolute atomic E-state index is 13.6. The zero-order valence-electron chi connectivity index (χ0n) is 16.1. The van der Waals surface area contributed by atoms with Gasteiger partial charge in [-0.3, -0.25) is 4.79 Å². The Kier molecular flexibility index (Phi) is 4.65. The Morgan fingerprint density at radius 2 is 1.75 bits per heavy atom. The Balaban J connectivity index is 1.90. The van der Waals surface area contributed by atoms with Gasteiger partial charge in [-0.15, -0.1) is 0 Å². The van der Waals surface area contributed by atoms with Crippen LogP contribution in [-0.4, -0.2) is 22.6 Å². The molecule has 0 bridgehead atoms. The minimum Gasteiger partial charge on any atom is -0.335 e. The maximum atomic E-state index is 13.6. The van der Waals surface area contributed by atoms with E-state index < -0.39 is 0 Å². The lowest BCUT2D eigenvalue weighted by molar-refractivity contribution is 0.0989. The van der Waals surface area contributed by atoms with Gasteiger partial charge < -0.3 is 9.42 Å². The number of carbonyl (C=O) groups excluding carboxylic acids is 1. The molecule has 140 valence electrons. The smallest absolute Gasteiger partial charge is 0.259 e. The van der Waals surface area contributed by atoms with Crippen molar-refractivity contribution in [3.8, 4) is 11.3 Å². The van der Waals surface area contributed by atoms with Gasteiger partial charge in [0, 0.05) is 17.8 Å². The van der Waals surface area contributed by atoms with Gasteiger partial charge in [-0.2, -0.15) is 0 Å². The van der Waals surface area contributed by atoms with Gasteiger partial charge in [-0.25, -0.2) is 4.98 Å². The lowest BCUT2D eigenvalue weighted by Crippen LogP contribution is -2.31. The van der Waals surface area contributed by atoms with Gasteiger partial charge in [0.2, 0.25) is 0 Å². The molecule has 0 aliphatic carbocycles. The summed E-state index contributed by atoms with van der Waals surface area (Å²) in [6.45, 7) is 6.36. The van der Waals surface area contributed by atoms with Crippen LogP contribution in [-0.2, 0) is 0 Å². The molecule has 2 aromatic heterocycles. The highest BCUT2D eigenvalue weighted by Gasteiger charge is 2.24. The fourth-order valence-corrected chi connectivity index (χ4v) is 3.46. The van der Waals surface area contributed by atoms with E-state index in [1.165, 1.54) is 0 Å². The minimum atomic E-state index is -0.0901. The van der Waals surface area contributed by atoms with Crippen LogP contribution < -0.4 is 4.90 Å². The molecule has 5 nitrogen and oxygen atoms in total. The van der Waals surface area contributed by atoms with E-state index in [1.807, 2.05) is 81.4 Å². The van der Waals surface area contributed by atoms with E-state index in [0.29, 0.717) is 34.6 Å². The van der Waals surface area contributed by atoms with Crippen LogP contribution >= 0.6 is 0 Å². The molecule has 0 aliphatic heterocycles. The third-order valence-electron chi connectivity index (χ3n) is 4.88. The number of aryl methyl sites for hydroxylation is 2. The molecular weight excluding hydrogens is 350 g/mol. The van der Waals surface area contributed by atoms with E-state index in [2.05, 4.69) is 10.1 Å². The highest BCUT2D eigenvalue weighted by Crippen LogP contribution is 2.30. The van der Waals surface area contributed by atoms with Gasteiger partial charge >= 0.3 is 0 Å². The molecule has 0 unspecified atom stereocenters. The molecule has 4 aromatic rings. The average Bonchev–Trinajstić information content (AvgIpc) is 3.11. The van der Waals surface area contributed by atoms with Gasteiger partial charge in [0.05, 0.1) is 22.3 Å². The second kappa shape index (κ2) is 7.27. The predicted octanol–water partition coefficient (Wildman–Crippen LogP) is 5.17. The van der Waals surface area contributed by atoms with E-state index >= 15 is 0 Å². The van der Waals surface area contributed by atoms with E-state index in [1.54, 1.807) is 4.90 Å². The Morgan fingerprint density at radius 3 is 2.46 bits per heavy atom. The summed E-state index contributed by atoms with van der Waals surface area (Å²) in [5, 5.41) is 4.70. The summed E-state index contributed by atoms with van der Waals surface area (Å²) in [6.07, 6.45) is 0. The van der Waals surface area contributed by atoms with Crippen molar-refractivity contribution in [3.05, 3.63) is 77.5 Å². The molecule has 0 spiro atoms. The van der Waals surface area contributed by atoms with E-state index in [4.69, 9.17) is 4.52 Å². The number of benzene rings is 2. The van der Waals surface area contributed by atoms with Crippen LogP contribution in [0.5, 0.6) is 0 Å². The fourth-order valence-electron chi connectivity index (χ4n) is 3.46. The minimum absolute atomic E-state index is 0.0901. The average molecular weight is 371 g/mol. The number of nitrogens with zero attached hydrogens (tertiary/aromatic N) is 3. The van der Waals surface area contributed by atoms with Crippen LogP contribution in [0.15, 0.2) is 65.2 Å². The van der Waals surface area contributed by atoms with Gasteiger partial charge in [-0.1, -0.05) is 53.7 Å². The SMILES string of the molecule is CCN(C(=O)c1cc(-c2ccccc2)nc2onc(C)c12)c1ccccc1C. The first kappa shape index (κ1) is 17.9. The van der Waals surface area contributed by atoms with Crippen LogP contribution in [0.2, 0.25) is 0 Å². The van der Waals surface area contributed by atoms with Crippen LogP contribution in [0.3, 0.4) is 0 Å². The number of hydrogen-bond donors (Lipinski definition) is 0. The number of fused-ring (bicyclic) bond motifs is 1. The molecule has 4 rings (SSSR count). The first-order chi connectivity index (χ1) is 13.6. The number of para-hydroxylation sites is 1. The molecule has 0 fully saturated rings. The maximum Gasteiger partial charge on any atom is 0.259 e. The number of carbonyl (C=O) groups is 1. The van der Waals surface area contributed by atoms with Crippen molar-refractivity contribution in [1.82, 2.24) is 10.1 Å². The highest BCUT2D eigenvalue weighted by molar-refractivity contribution is 6.14. The summed E-state index contributed by atoms with van der Waals surface area (Å²) in [7, 11) is 0. The molecule has 0 aliphatic rings. The highest BCUT2D eigenvalue weighted by atomic mass is 16.5. The van der Waals surface area contributed by atoms with Gasteiger partial charge in [0.15, 0.2) is 0 Å². The number of hydrogen-bond acceptors (Lipinski definition) is 4. The third-order valence-corrected chi connectivity index (χ3v) is 4.88. The summed E-state index contributed by atoms with van der Waals surface area (Å²) in [5.41, 5.74) is 5.14. The molecule has 0 saturated heterocycles. The molecule has 2 heterocycles. The van der Waals surface area contributed by atoms with Gasteiger partial charge in [0.25, 0.3) is 11.6 Å². The predicted molar refractivity (Wildman–Crippen MR) is 111 cm³/mol. The Labute approximate surface area is 163 Å². The van der Waals surface area contributed by atoms with Gasteiger partial charge in [-0.05, 0) is 38.5 Å². The zero-order valence-corrected chi connectivity index (χ0v) is 16.1. The van der Waals surface area contributed by atoms with E-state index in [9.17, 15) is 4.79 Å². The number of anilines is 1. The van der Waals surface area contributed by atoms with Crippen molar-refractivity contribution in [1.29, 1.82) is 0 Å². The zero-order chi connectivity index (χ0) is 19.7. The monoisotopic (exact) mass is 371 g/mol. The topological polar surface area (TPSA) is 59.2 Å². The molecule has 0 atom stereocenters. The number of rotatable bonds is 4. The summed E-state index contributed by atoms with van der Waals surface area (Å²) in [4.78, 5) is 20.0. The molecule has 1 amide bonds. The lowest BCUT2D eigenvalue weighted by Gasteiger charge is -2.23. The van der Waals surface area contributed by atoms with Crippen LogP contribution in [0.4, 0.5) is 5.69 Å². The van der Waals surface area contributed by atoms with Crippen molar-refractivity contribution >= 4 is 22.7 Å². The molecule has 28 heavy (non-hydrogen) atoms. The van der Waals surface area contributed by atoms with Crippen LogP contribution in [0.25, 0.3) is 22.4 Å². The molecule has 0 N–H and O–H groups in total. The second-order valence-electron chi connectivity index (χ2n) is 6.71. The third kappa shape index (κ3) is 3.05. The summed E-state index contributed by atoms with van der Waals surface area (Å²) in [5.74, 6) is -0.0901. The van der Waals surface area contributed by atoms with E-state index in [-0.39, 0.29) is 5.91 Å². The fraction of sp³-hybridized carbons (Fsp3) is 0.174. The Bertz CT molecular complexity index is 1150. The standard InChI is InChI=1S/C23H21N3O2/c1-4-26(20-13-9-8-10-15(20)2)23(27)18-14-19(17-11-6-5-7-12-17)24-22-21(18)16(3)25-28-22/h5-14H,4H2,1-3H3. The summed E-state index contributed by atoms with van der Waals surface area (Å²) < 4.78 is 5.41. The van der Waals surface area contributed by atoms with Crippen molar-refractivity contribution in [3.63, 3.8) is 0 Å². The van der Waals surface area contributed by atoms with Crippen molar-refractivity contribution < 1.29 is 9.32 Å². The second-order valence-corrected chi connectivity index (χ2v) is 6.71. The van der Waals surface area contributed by atoms with Crippen LogP contribution in [0.1, 0.15) is 28.5 Å². The number of amides is 1. The normalized spacial score (nSPS) is 11.0. The van der Waals surface area contributed by atoms with Crippen molar-refractivity contribution in [2.24, 2.45) is 0 Å². The first-order valence-electron chi connectivity index (χ1n) is 9.30. The van der Waals surface area contributed by atoms with Crippen LogP contribution in [0, 0.1) is 13.8 Å².